The summed E-state index contributed by atoms with van der Waals surface area (Å²) >= 11 is 1.67. The maximum atomic E-state index is 12.4. The second-order valence-corrected chi connectivity index (χ2v) is 7.62. The summed E-state index contributed by atoms with van der Waals surface area (Å²) in [6, 6.07) is 1.89. The highest BCUT2D eigenvalue weighted by atomic mass is 32.1. The van der Waals surface area contributed by atoms with Crippen molar-refractivity contribution in [2.24, 2.45) is 0 Å². The molecule has 0 radical (unpaired) electrons. The van der Waals surface area contributed by atoms with Crippen molar-refractivity contribution in [3.05, 3.63) is 33.0 Å². The molecule has 1 aliphatic rings. The van der Waals surface area contributed by atoms with Crippen LogP contribution in [0.25, 0.3) is 0 Å². The van der Waals surface area contributed by atoms with Gasteiger partial charge in [-0.3, -0.25) is 5.10 Å². The molecule has 2 amide bonds. The summed E-state index contributed by atoms with van der Waals surface area (Å²) < 4.78 is 0. The molecule has 0 spiro atoms. The molecule has 1 atom stereocenters. The molecule has 1 aliphatic carbocycles. The van der Waals surface area contributed by atoms with Gasteiger partial charge in [0, 0.05) is 17.8 Å². The lowest BCUT2D eigenvalue weighted by atomic mass is 10.2. The van der Waals surface area contributed by atoms with Crippen LogP contribution in [0.4, 0.5) is 4.79 Å². The van der Waals surface area contributed by atoms with Crippen LogP contribution in [-0.4, -0.2) is 33.2 Å². The first-order valence-corrected chi connectivity index (χ1v) is 8.76. The molecule has 7 heteroatoms. The molecular formula is C16H23N5OS. The number of amides is 2. The zero-order chi connectivity index (χ0) is 16.6. The van der Waals surface area contributed by atoms with Gasteiger partial charge in [0.25, 0.3) is 0 Å². The van der Waals surface area contributed by atoms with E-state index in [1.807, 2.05) is 20.8 Å². The lowest BCUT2D eigenvalue weighted by Gasteiger charge is -2.24. The van der Waals surface area contributed by atoms with Gasteiger partial charge in [0.2, 0.25) is 0 Å². The second-order valence-electron chi connectivity index (χ2n) is 6.21. The summed E-state index contributed by atoms with van der Waals surface area (Å²) in [5.41, 5.74) is 3.04. The molecule has 2 N–H and O–H groups in total. The quantitative estimate of drug-likeness (QED) is 0.882. The summed E-state index contributed by atoms with van der Waals surface area (Å²) in [6.45, 7) is 6.50. The zero-order valence-electron chi connectivity index (χ0n) is 14.0. The van der Waals surface area contributed by atoms with Gasteiger partial charge in [0.15, 0.2) is 0 Å². The van der Waals surface area contributed by atoms with Gasteiger partial charge in [-0.25, -0.2) is 9.78 Å². The van der Waals surface area contributed by atoms with E-state index in [1.165, 1.54) is 12.8 Å². The average Bonchev–Trinajstić information content (AvgIpc) is 3.17. The number of nitrogens with one attached hydrogen (secondary N) is 2. The van der Waals surface area contributed by atoms with E-state index in [0.29, 0.717) is 12.5 Å². The minimum atomic E-state index is -0.106. The molecule has 2 aromatic rings. The normalized spacial score (nSPS) is 15.5. The van der Waals surface area contributed by atoms with Crippen LogP contribution in [0.1, 0.15) is 58.7 Å². The molecule has 0 aromatic carbocycles. The van der Waals surface area contributed by atoms with Crippen LogP contribution < -0.4 is 5.32 Å². The number of nitrogens with zero attached hydrogens (tertiary/aromatic N) is 3. The van der Waals surface area contributed by atoms with Crippen LogP contribution in [0.3, 0.4) is 0 Å². The molecule has 0 bridgehead atoms. The number of carbonyl (C=O) groups is 1. The van der Waals surface area contributed by atoms with Crippen molar-refractivity contribution in [2.75, 3.05) is 7.05 Å². The number of aromatic nitrogens is 3. The molecule has 0 aliphatic heterocycles. The van der Waals surface area contributed by atoms with Gasteiger partial charge >= 0.3 is 6.03 Å². The Morgan fingerprint density at radius 3 is 2.87 bits per heavy atom. The van der Waals surface area contributed by atoms with Crippen molar-refractivity contribution in [3.63, 3.8) is 0 Å². The summed E-state index contributed by atoms with van der Waals surface area (Å²) in [7, 11) is 1.80. The van der Waals surface area contributed by atoms with Crippen LogP contribution in [0.15, 0.2) is 6.07 Å². The maximum Gasteiger partial charge on any atom is 0.318 e. The Hall–Kier alpha value is -1.89. The third kappa shape index (κ3) is 3.55. The number of aromatic amines is 1. The Bertz CT molecular complexity index is 703. The molecule has 3 rings (SSSR count). The molecule has 2 heterocycles. The van der Waals surface area contributed by atoms with Gasteiger partial charge in [-0.2, -0.15) is 5.10 Å². The molecule has 23 heavy (non-hydrogen) atoms. The fourth-order valence-corrected chi connectivity index (χ4v) is 3.55. The predicted molar refractivity (Wildman–Crippen MR) is 90.6 cm³/mol. The smallest absolute Gasteiger partial charge is 0.318 e. The van der Waals surface area contributed by atoms with Crippen molar-refractivity contribution >= 4 is 17.4 Å². The highest BCUT2D eigenvalue weighted by molar-refractivity contribution is 7.11. The average molecular weight is 333 g/mol. The van der Waals surface area contributed by atoms with Crippen molar-refractivity contribution < 1.29 is 4.79 Å². The number of hydrogen-bond donors (Lipinski definition) is 2. The fourth-order valence-electron chi connectivity index (χ4n) is 2.65. The van der Waals surface area contributed by atoms with Gasteiger partial charge in [0.1, 0.15) is 0 Å². The van der Waals surface area contributed by atoms with E-state index in [2.05, 4.69) is 26.6 Å². The SMILES string of the molecule is Cc1nc([C@@H](C)N(C)C(=O)NCc2cc(C3CC3)n[nH]2)c(C)s1. The van der Waals surface area contributed by atoms with Gasteiger partial charge in [-0.1, -0.05) is 0 Å². The van der Waals surface area contributed by atoms with E-state index in [-0.39, 0.29) is 12.1 Å². The lowest BCUT2D eigenvalue weighted by Crippen LogP contribution is -2.38. The molecule has 0 saturated heterocycles. The van der Waals surface area contributed by atoms with E-state index in [4.69, 9.17) is 0 Å². The van der Waals surface area contributed by atoms with Gasteiger partial charge in [-0.05, 0) is 39.7 Å². The highest BCUT2D eigenvalue weighted by Crippen LogP contribution is 2.38. The van der Waals surface area contributed by atoms with Crippen LogP contribution in [-0.2, 0) is 6.54 Å². The third-order valence-electron chi connectivity index (χ3n) is 4.31. The topological polar surface area (TPSA) is 73.9 Å². The number of carbonyl (C=O) groups excluding carboxylic acids is 1. The molecule has 2 aromatic heterocycles. The number of H-pyrrole nitrogens is 1. The second kappa shape index (κ2) is 6.31. The molecule has 6 nitrogen and oxygen atoms in total. The first kappa shape index (κ1) is 16.0. The van der Waals surface area contributed by atoms with Crippen LogP contribution >= 0.6 is 11.3 Å². The standard InChI is InChI=1S/C16H23N5OS/c1-9(15-10(2)23-11(3)18-15)21(4)16(22)17-8-13-7-14(20-19-13)12-5-6-12/h7,9,12H,5-6,8H2,1-4H3,(H,17,22)(H,19,20)/t9-/m1/s1. The first-order chi connectivity index (χ1) is 11.0. The van der Waals surface area contributed by atoms with Crippen LogP contribution in [0.2, 0.25) is 0 Å². The van der Waals surface area contributed by atoms with Crippen LogP contribution in [0.5, 0.6) is 0 Å². The Morgan fingerprint density at radius 2 is 2.26 bits per heavy atom. The minimum Gasteiger partial charge on any atom is -0.332 e. The third-order valence-corrected chi connectivity index (χ3v) is 5.21. The van der Waals surface area contributed by atoms with Crippen LogP contribution in [0, 0.1) is 13.8 Å². The maximum absolute atomic E-state index is 12.4. The zero-order valence-corrected chi connectivity index (χ0v) is 14.8. The fraction of sp³-hybridized carbons (Fsp3) is 0.562. The molecule has 1 saturated carbocycles. The number of aryl methyl sites for hydroxylation is 2. The van der Waals surface area contributed by atoms with Crippen molar-refractivity contribution in [3.8, 4) is 0 Å². The van der Waals surface area contributed by atoms with E-state index in [1.54, 1.807) is 23.3 Å². The van der Waals surface area contributed by atoms with E-state index in [0.717, 1.165) is 27.0 Å². The number of hydrogen-bond acceptors (Lipinski definition) is 4. The summed E-state index contributed by atoms with van der Waals surface area (Å²) in [5, 5.41) is 11.3. The van der Waals surface area contributed by atoms with Gasteiger partial charge in [-0.15, -0.1) is 11.3 Å². The first-order valence-electron chi connectivity index (χ1n) is 7.94. The highest BCUT2D eigenvalue weighted by Gasteiger charge is 2.26. The summed E-state index contributed by atoms with van der Waals surface area (Å²) in [4.78, 5) is 19.8. The molecule has 0 unspecified atom stereocenters. The van der Waals surface area contributed by atoms with Crippen molar-refractivity contribution in [1.82, 2.24) is 25.4 Å². The van der Waals surface area contributed by atoms with Gasteiger partial charge in [0.05, 0.1) is 34.7 Å². The Labute approximate surface area is 140 Å². The Morgan fingerprint density at radius 1 is 1.52 bits per heavy atom. The van der Waals surface area contributed by atoms with E-state index in [9.17, 15) is 4.79 Å². The number of thiazole rings is 1. The van der Waals surface area contributed by atoms with Crippen molar-refractivity contribution in [2.45, 2.75) is 52.1 Å². The van der Waals surface area contributed by atoms with E-state index < -0.39 is 0 Å². The number of urea groups is 1. The molecule has 124 valence electrons. The Kier molecular flexibility index (Phi) is 4.39. The van der Waals surface area contributed by atoms with E-state index >= 15 is 0 Å². The van der Waals surface area contributed by atoms with Crippen molar-refractivity contribution in [1.29, 1.82) is 0 Å². The Balaban J connectivity index is 1.57. The molecule has 1 fully saturated rings. The minimum absolute atomic E-state index is 0.0521. The van der Waals surface area contributed by atoms with Gasteiger partial charge < -0.3 is 10.2 Å². The monoisotopic (exact) mass is 333 g/mol. The lowest BCUT2D eigenvalue weighted by molar-refractivity contribution is 0.193. The summed E-state index contributed by atoms with van der Waals surface area (Å²) in [6.07, 6.45) is 2.45. The molecular weight excluding hydrogens is 310 g/mol. The predicted octanol–water partition coefficient (Wildman–Crippen LogP) is 3.26. The summed E-state index contributed by atoms with van der Waals surface area (Å²) in [5.74, 6) is 0.620. The number of rotatable bonds is 5. The largest absolute Gasteiger partial charge is 0.332 e.